The molecule has 1 atom stereocenters. The summed E-state index contributed by atoms with van der Waals surface area (Å²) in [5.74, 6) is 1.37. The minimum Gasteiger partial charge on any atom is -0.481 e. The van der Waals surface area contributed by atoms with Crippen LogP contribution in [-0.2, 0) is 4.79 Å². The lowest BCUT2D eigenvalue weighted by Gasteiger charge is -2.17. The average Bonchev–Trinajstić information content (AvgIpc) is 2.64. The molecule has 6 heteroatoms. The highest BCUT2D eigenvalue weighted by Crippen LogP contribution is 2.24. The number of carbonyl (C=O) groups is 1. The lowest BCUT2D eigenvalue weighted by molar-refractivity contribution is -0.133. The zero-order valence-corrected chi connectivity index (χ0v) is 12.0. The van der Waals surface area contributed by atoms with E-state index in [1.165, 1.54) is 11.8 Å². The van der Waals surface area contributed by atoms with Crippen LogP contribution < -0.4 is 0 Å². The standard InChI is InChI=1S/C11H18N2O2S2/c1-4-16-6-9(3)13-8(2)5-12-11(13)17-7-10(14)15/h5,9H,4,6-7H2,1-3H3,(H,14,15). The topological polar surface area (TPSA) is 55.1 Å². The van der Waals surface area contributed by atoms with Crippen LogP contribution in [-0.4, -0.2) is 37.9 Å². The van der Waals surface area contributed by atoms with E-state index in [1.807, 2.05) is 18.7 Å². The van der Waals surface area contributed by atoms with Gasteiger partial charge in [0.2, 0.25) is 0 Å². The smallest absolute Gasteiger partial charge is 0.313 e. The largest absolute Gasteiger partial charge is 0.481 e. The first-order valence-corrected chi connectivity index (χ1v) is 7.66. The first kappa shape index (κ1) is 14.4. The molecule has 1 aromatic heterocycles. The van der Waals surface area contributed by atoms with Gasteiger partial charge in [-0.15, -0.1) is 0 Å². The number of carboxylic acids is 1. The van der Waals surface area contributed by atoms with Crippen LogP contribution in [0.3, 0.4) is 0 Å². The summed E-state index contributed by atoms with van der Waals surface area (Å²) in [6.07, 6.45) is 1.80. The molecule has 0 fully saturated rings. The molecule has 1 rings (SSSR count). The number of rotatable bonds is 7. The monoisotopic (exact) mass is 274 g/mol. The van der Waals surface area contributed by atoms with Crippen LogP contribution in [0.4, 0.5) is 0 Å². The highest BCUT2D eigenvalue weighted by atomic mass is 32.2. The van der Waals surface area contributed by atoms with E-state index in [0.29, 0.717) is 6.04 Å². The number of hydrogen-bond acceptors (Lipinski definition) is 4. The number of nitrogens with zero attached hydrogens (tertiary/aromatic N) is 2. The van der Waals surface area contributed by atoms with Gasteiger partial charge >= 0.3 is 5.97 Å². The Kier molecular flexibility index (Phi) is 5.91. The van der Waals surface area contributed by atoms with Gasteiger partial charge in [0.15, 0.2) is 5.16 Å². The summed E-state index contributed by atoms with van der Waals surface area (Å²) in [7, 11) is 0. The van der Waals surface area contributed by atoms with Crippen LogP contribution in [0, 0.1) is 6.92 Å². The molecule has 0 aliphatic carbocycles. The van der Waals surface area contributed by atoms with E-state index in [1.54, 1.807) is 6.20 Å². The minimum atomic E-state index is -0.808. The molecule has 0 saturated carbocycles. The number of imidazole rings is 1. The molecule has 0 radical (unpaired) electrons. The SMILES string of the molecule is CCSCC(C)n1c(C)cnc1SCC(=O)O. The fourth-order valence-electron chi connectivity index (χ4n) is 1.56. The fourth-order valence-corrected chi connectivity index (χ4v) is 3.12. The summed E-state index contributed by atoms with van der Waals surface area (Å²) < 4.78 is 2.12. The molecule has 0 amide bonds. The van der Waals surface area contributed by atoms with Crippen molar-refractivity contribution >= 4 is 29.5 Å². The summed E-state index contributed by atoms with van der Waals surface area (Å²) >= 11 is 3.16. The summed E-state index contributed by atoms with van der Waals surface area (Å²) in [6, 6.07) is 0.346. The van der Waals surface area contributed by atoms with Gasteiger partial charge < -0.3 is 9.67 Å². The normalized spacial score (nSPS) is 12.6. The van der Waals surface area contributed by atoms with E-state index in [-0.39, 0.29) is 5.75 Å². The van der Waals surface area contributed by atoms with Crippen molar-refractivity contribution in [1.29, 1.82) is 0 Å². The molecular formula is C11H18N2O2S2. The Hall–Kier alpha value is -0.620. The van der Waals surface area contributed by atoms with Gasteiger partial charge in [0, 0.05) is 23.7 Å². The molecule has 0 bridgehead atoms. The van der Waals surface area contributed by atoms with Crippen LogP contribution in [0.1, 0.15) is 25.6 Å². The van der Waals surface area contributed by atoms with Crippen LogP contribution >= 0.6 is 23.5 Å². The molecule has 4 nitrogen and oxygen atoms in total. The molecule has 17 heavy (non-hydrogen) atoms. The number of aryl methyl sites for hydroxylation is 1. The maximum Gasteiger partial charge on any atom is 0.313 e. The average molecular weight is 274 g/mol. The Balaban J connectivity index is 2.74. The minimum absolute atomic E-state index is 0.0596. The summed E-state index contributed by atoms with van der Waals surface area (Å²) in [4.78, 5) is 14.8. The molecule has 0 spiro atoms. The molecule has 1 N–H and O–H groups in total. The molecule has 96 valence electrons. The second kappa shape index (κ2) is 6.96. The van der Waals surface area contributed by atoms with Gasteiger partial charge in [-0.2, -0.15) is 11.8 Å². The second-order valence-electron chi connectivity index (χ2n) is 3.74. The maximum absolute atomic E-state index is 10.6. The molecule has 0 aliphatic heterocycles. The Morgan fingerprint density at radius 3 is 2.94 bits per heavy atom. The molecule has 0 saturated heterocycles. The number of aliphatic carboxylic acids is 1. The van der Waals surface area contributed by atoms with E-state index < -0.39 is 5.97 Å². The van der Waals surface area contributed by atoms with Crippen LogP contribution in [0.5, 0.6) is 0 Å². The van der Waals surface area contributed by atoms with Gasteiger partial charge in [0.05, 0.1) is 5.75 Å². The van der Waals surface area contributed by atoms with Gasteiger partial charge in [-0.1, -0.05) is 18.7 Å². The van der Waals surface area contributed by atoms with Gasteiger partial charge in [-0.25, -0.2) is 4.98 Å². The van der Waals surface area contributed by atoms with E-state index in [9.17, 15) is 4.79 Å². The number of hydrogen-bond donors (Lipinski definition) is 1. The number of thioether (sulfide) groups is 2. The van der Waals surface area contributed by atoms with Crippen molar-refractivity contribution < 1.29 is 9.90 Å². The third kappa shape index (κ3) is 4.27. The Labute approximate surface area is 110 Å². The third-order valence-electron chi connectivity index (χ3n) is 2.28. The van der Waals surface area contributed by atoms with Crippen molar-refractivity contribution in [3.63, 3.8) is 0 Å². The van der Waals surface area contributed by atoms with Crippen molar-refractivity contribution in [2.75, 3.05) is 17.3 Å². The molecule has 0 aliphatic rings. The highest BCUT2D eigenvalue weighted by molar-refractivity contribution is 7.99. The van der Waals surface area contributed by atoms with Crippen LogP contribution in [0.25, 0.3) is 0 Å². The van der Waals surface area contributed by atoms with Crippen molar-refractivity contribution in [3.05, 3.63) is 11.9 Å². The fraction of sp³-hybridized carbons (Fsp3) is 0.636. The maximum atomic E-state index is 10.6. The summed E-state index contributed by atoms with van der Waals surface area (Å²) in [5, 5.41) is 9.49. The van der Waals surface area contributed by atoms with Gasteiger partial charge in [-0.05, 0) is 19.6 Å². The Bertz CT molecular complexity index is 380. The first-order chi connectivity index (χ1) is 8.06. The number of aromatic nitrogens is 2. The molecule has 1 aromatic rings. The van der Waals surface area contributed by atoms with Gasteiger partial charge in [-0.3, -0.25) is 4.79 Å². The third-order valence-corrected chi connectivity index (χ3v) is 4.35. The van der Waals surface area contributed by atoms with Crippen LogP contribution in [0.2, 0.25) is 0 Å². The van der Waals surface area contributed by atoms with Gasteiger partial charge in [0.1, 0.15) is 0 Å². The Morgan fingerprint density at radius 1 is 1.65 bits per heavy atom. The molecular weight excluding hydrogens is 256 g/mol. The summed E-state index contributed by atoms with van der Waals surface area (Å²) in [6.45, 7) is 6.28. The van der Waals surface area contributed by atoms with E-state index in [2.05, 4.69) is 23.4 Å². The highest BCUT2D eigenvalue weighted by Gasteiger charge is 2.14. The first-order valence-electron chi connectivity index (χ1n) is 5.52. The van der Waals surface area contributed by atoms with Crippen molar-refractivity contribution in [2.24, 2.45) is 0 Å². The van der Waals surface area contributed by atoms with Crippen LogP contribution in [0.15, 0.2) is 11.4 Å². The molecule has 0 aromatic carbocycles. The number of carboxylic acid groups (broad SMARTS) is 1. The van der Waals surface area contributed by atoms with E-state index in [4.69, 9.17) is 5.11 Å². The van der Waals surface area contributed by atoms with Gasteiger partial charge in [0.25, 0.3) is 0 Å². The quantitative estimate of drug-likeness (QED) is 0.775. The van der Waals surface area contributed by atoms with Crippen molar-refractivity contribution in [2.45, 2.75) is 32.0 Å². The van der Waals surface area contributed by atoms with Crippen molar-refractivity contribution in [1.82, 2.24) is 9.55 Å². The second-order valence-corrected chi connectivity index (χ2v) is 6.00. The van der Waals surface area contributed by atoms with E-state index >= 15 is 0 Å². The molecule has 1 unspecified atom stereocenters. The Morgan fingerprint density at radius 2 is 2.35 bits per heavy atom. The summed E-state index contributed by atoms with van der Waals surface area (Å²) in [5.41, 5.74) is 1.09. The zero-order valence-electron chi connectivity index (χ0n) is 10.3. The predicted octanol–water partition coefficient (Wildman–Crippen LogP) is 2.68. The predicted molar refractivity (Wildman–Crippen MR) is 73.0 cm³/mol. The van der Waals surface area contributed by atoms with Crippen molar-refractivity contribution in [3.8, 4) is 0 Å². The lowest BCUT2D eigenvalue weighted by Crippen LogP contribution is -2.12. The molecule has 1 heterocycles. The van der Waals surface area contributed by atoms with E-state index in [0.717, 1.165) is 22.4 Å². The zero-order chi connectivity index (χ0) is 12.8. The lowest BCUT2D eigenvalue weighted by atomic mass is 10.3.